The highest BCUT2D eigenvalue weighted by molar-refractivity contribution is 5.80. The zero-order valence-corrected chi connectivity index (χ0v) is 12.5. The Morgan fingerprint density at radius 1 is 1.39 bits per heavy atom. The Labute approximate surface area is 112 Å². The largest absolute Gasteiger partial charge is 0.340 e. The lowest BCUT2D eigenvalue weighted by molar-refractivity contribution is -0.139. The van der Waals surface area contributed by atoms with Crippen LogP contribution in [0.15, 0.2) is 0 Å². The smallest absolute Gasteiger partial charge is 0.227 e. The van der Waals surface area contributed by atoms with E-state index in [-0.39, 0.29) is 5.92 Å². The van der Waals surface area contributed by atoms with Gasteiger partial charge in [-0.2, -0.15) is 0 Å². The van der Waals surface area contributed by atoms with Crippen LogP contribution in [-0.2, 0) is 4.79 Å². The van der Waals surface area contributed by atoms with Crippen LogP contribution in [0.4, 0.5) is 0 Å². The summed E-state index contributed by atoms with van der Waals surface area (Å²) in [5, 5.41) is 3.43. The van der Waals surface area contributed by atoms with Gasteiger partial charge in [0.2, 0.25) is 5.91 Å². The third kappa shape index (κ3) is 4.27. The molecule has 0 aromatic heterocycles. The van der Waals surface area contributed by atoms with E-state index in [4.69, 9.17) is 0 Å². The van der Waals surface area contributed by atoms with Gasteiger partial charge in [-0.05, 0) is 46.6 Å². The lowest BCUT2D eigenvalue weighted by atomic mass is 9.90. The summed E-state index contributed by atoms with van der Waals surface area (Å²) >= 11 is 0. The van der Waals surface area contributed by atoms with Crippen molar-refractivity contribution in [3.8, 4) is 0 Å². The zero-order chi connectivity index (χ0) is 13.5. The lowest BCUT2D eigenvalue weighted by Crippen LogP contribution is -2.50. The second-order valence-corrected chi connectivity index (χ2v) is 5.82. The Kier molecular flexibility index (Phi) is 6.69. The van der Waals surface area contributed by atoms with Crippen LogP contribution in [0.5, 0.6) is 0 Å². The molecule has 106 valence electrons. The number of nitrogens with one attached hydrogen (secondary N) is 1. The second-order valence-electron chi connectivity index (χ2n) is 5.82. The van der Waals surface area contributed by atoms with E-state index in [1.54, 1.807) is 0 Å². The summed E-state index contributed by atoms with van der Waals surface area (Å²) in [6.45, 7) is 10.6. The monoisotopic (exact) mass is 254 g/mol. The molecule has 2 unspecified atom stereocenters. The summed E-state index contributed by atoms with van der Waals surface area (Å²) in [5.41, 5.74) is 0. The van der Waals surface area contributed by atoms with E-state index in [9.17, 15) is 4.79 Å². The van der Waals surface area contributed by atoms with Crippen LogP contribution in [0.25, 0.3) is 0 Å². The Balaban J connectivity index is 2.57. The Hall–Kier alpha value is -0.570. The van der Waals surface area contributed by atoms with Crippen molar-refractivity contribution in [3.63, 3.8) is 0 Å². The molecule has 1 fully saturated rings. The number of carbonyl (C=O) groups is 1. The van der Waals surface area contributed by atoms with Gasteiger partial charge in [0.05, 0.1) is 5.92 Å². The van der Waals surface area contributed by atoms with Crippen molar-refractivity contribution in [1.29, 1.82) is 0 Å². The summed E-state index contributed by atoms with van der Waals surface area (Å²) in [7, 11) is 0. The molecular weight excluding hydrogens is 224 g/mol. The van der Waals surface area contributed by atoms with Gasteiger partial charge in [-0.15, -0.1) is 0 Å². The van der Waals surface area contributed by atoms with Crippen molar-refractivity contribution < 1.29 is 4.79 Å². The molecule has 0 bridgehead atoms. The van der Waals surface area contributed by atoms with E-state index < -0.39 is 0 Å². The Morgan fingerprint density at radius 2 is 2.11 bits per heavy atom. The van der Waals surface area contributed by atoms with E-state index in [2.05, 4.69) is 37.9 Å². The normalized spacial score (nSPS) is 24.3. The number of piperidine rings is 1. The molecule has 1 aliphatic heterocycles. The van der Waals surface area contributed by atoms with Crippen molar-refractivity contribution >= 4 is 5.91 Å². The molecule has 0 saturated carbocycles. The minimum absolute atomic E-state index is 0.183. The zero-order valence-electron chi connectivity index (χ0n) is 12.5. The molecule has 1 amide bonds. The Morgan fingerprint density at radius 3 is 2.67 bits per heavy atom. The maximum Gasteiger partial charge on any atom is 0.227 e. The number of unbranched alkanes of at least 4 members (excludes halogenated alkanes) is 2. The molecule has 0 spiro atoms. The number of amides is 1. The lowest BCUT2D eigenvalue weighted by Gasteiger charge is -2.35. The quantitative estimate of drug-likeness (QED) is 0.739. The first kappa shape index (κ1) is 15.5. The van der Waals surface area contributed by atoms with Gasteiger partial charge < -0.3 is 10.2 Å². The van der Waals surface area contributed by atoms with Crippen LogP contribution in [0.1, 0.15) is 59.8 Å². The number of carbonyl (C=O) groups excluding carboxylic acids is 1. The molecule has 1 rings (SSSR count). The second kappa shape index (κ2) is 7.78. The maximum absolute atomic E-state index is 12.6. The summed E-state index contributed by atoms with van der Waals surface area (Å²) in [4.78, 5) is 14.7. The molecule has 3 heteroatoms. The van der Waals surface area contributed by atoms with Crippen LogP contribution < -0.4 is 5.32 Å². The number of hydrogen-bond acceptors (Lipinski definition) is 2. The molecule has 18 heavy (non-hydrogen) atoms. The molecule has 3 nitrogen and oxygen atoms in total. The highest BCUT2D eigenvalue weighted by Gasteiger charge is 2.31. The molecule has 1 N–H and O–H groups in total. The summed E-state index contributed by atoms with van der Waals surface area (Å²) < 4.78 is 0. The van der Waals surface area contributed by atoms with E-state index in [0.717, 1.165) is 32.4 Å². The molecule has 1 aliphatic rings. The van der Waals surface area contributed by atoms with Crippen molar-refractivity contribution in [2.45, 2.75) is 71.9 Å². The number of hydrogen-bond donors (Lipinski definition) is 1. The Bertz CT molecular complexity index is 253. The van der Waals surface area contributed by atoms with Crippen LogP contribution >= 0.6 is 0 Å². The van der Waals surface area contributed by atoms with Gasteiger partial charge in [0, 0.05) is 18.6 Å². The average molecular weight is 254 g/mol. The van der Waals surface area contributed by atoms with Gasteiger partial charge in [-0.25, -0.2) is 0 Å². The van der Waals surface area contributed by atoms with Gasteiger partial charge in [0.25, 0.3) is 0 Å². The van der Waals surface area contributed by atoms with Crippen LogP contribution in [0.3, 0.4) is 0 Å². The summed E-state index contributed by atoms with van der Waals surface area (Å²) in [5.74, 6) is 0.545. The van der Waals surface area contributed by atoms with Gasteiger partial charge in [0.15, 0.2) is 0 Å². The van der Waals surface area contributed by atoms with Crippen LogP contribution in [0.2, 0.25) is 0 Å². The van der Waals surface area contributed by atoms with Gasteiger partial charge in [0.1, 0.15) is 0 Å². The van der Waals surface area contributed by atoms with Crippen LogP contribution in [-0.4, -0.2) is 36.0 Å². The topological polar surface area (TPSA) is 32.3 Å². The minimum Gasteiger partial charge on any atom is -0.340 e. The molecule has 1 saturated heterocycles. The molecule has 0 aromatic rings. The van der Waals surface area contributed by atoms with Crippen molar-refractivity contribution in [2.24, 2.45) is 5.92 Å². The molecule has 0 aliphatic carbocycles. The van der Waals surface area contributed by atoms with Crippen molar-refractivity contribution in [3.05, 3.63) is 0 Å². The van der Waals surface area contributed by atoms with Gasteiger partial charge in [-0.1, -0.05) is 19.8 Å². The minimum atomic E-state index is 0.183. The molecule has 1 heterocycles. The molecule has 2 atom stereocenters. The predicted molar refractivity (Wildman–Crippen MR) is 76.6 cm³/mol. The average Bonchev–Trinajstić information content (AvgIpc) is 2.34. The maximum atomic E-state index is 12.6. The fraction of sp³-hybridized carbons (Fsp3) is 0.933. The highest BCUT2D eigenvalue weighted by Crippen LogP contribution is 2.20. The highest BCUT2D eigenvalue weighted by atomic mass is 16.2. The van der Waals surface area contributed by atoms with E-state index >= 15 is 0 Å². The molecule has 0 radical (unpaired) electrons. The van der Waals surface area contributed by atoms with Crippen molar-refractivity contribution in [1.82, 2.24) is 10.2 Å². The van der Waals surface area contributed by atoms with E-state index in [1.807, 2.05) is 0 Å². The van der Waals surface area contributed by atoms with Gasteiger partial charge >= 0.3 is 0 Å². The van der Waals surface area contributed by atoms with Crippen molar-refractivity contribution in [2.75, 3.05) is 13.1 Å². The fourth-order valence-corrected chi connectivity index (χ4v) is 2.75. The van der Waals surface area contributed by atoms with E-state index in [0.29, 0.717) is 18.0 Å². The molecular formula is C15H30N2O. The predicted octanol–water partition coefficient (Wildman–Crippen LogP) is 2.80. The summed E-state index contributed by atoms with van der Waals surface area (Å²) in [6, 6.07) is 0.655. The SMILES string of the molecule is CCCCCN(C(=O)C1CCCNC1C)C(C)C. The van der Waals surface area contributed by atoms with E-state index in [1.165, 1.54) is 12.8 Å². The third-order valence-corrected chi connectivity index (χ3v) is 3.99. The van der Waals surface area contributed by atoms with Gasteiger partial charge in [-0.3, -0.25) is 4.79 Å². The number of rotatable bonds is 6. The summed E-state index contributed by atoms with van der Waals surface area (Å²) in [6.07, 6.45) is 5.73. The number of nitrogens with zero attached hydrogens (tertiary/aromatic N) is 1. The third-order valence-electron chi connectivity index (χ3n) is 3.99. The standard InChI is InChI=1S/C15H30N2O/c1-5-6-7-11-17(12(2)3)15(18)14-9-8-10-16-13(14)4/h12-14,16H,5-11H2,1-4H3. The first-order chi connectivity index (χ1) is 8.57. The van der Waals surface area contributed by atoms with Crippen LogP contribution in [0, 0.1) is 5.92 Å². The molecule has 0 aromatic carbocycles. The first-order valence-corrected chi connectivity index (χ1v) is 7.61. The fourth-order valence-electron chi connectivity index (χ4n) is 2.75. The first-order valence-electron chi connectivity index (χ1n) is 7.61.